The molecule has 1 atom stereocenters. The molecule has 0 saturated carbocycles. The van der Waals surface area contributed by atoms with Crippen molar-refractivity contribution in [2.45, 2.75) is 26.3 Å². The van der Waals surface area contributed by atoms with Gasteiger partial charge in [-0.2, -0.15) is 0 Å². The van der Waals surface area contributed by atoms with Gasteiger partial charge >= 0.3 is 0 Å². The van der Waals surface area contributed by atoms with E-state index in [1.54, 1.807) is 0 Å². The van der Waals surface area contributed by atoms with Gasteiger partial charge in [-0.05, 0) is 38.6 Å². The van der Waals surface area contributed by atoms with Crippen LogP contribution in [-0.2, 0) is 6.42 Å². The molecular formula is C13H18N4. The molecule has 0 amide bonds. The van der Waals surface area contributed by atoms with Crippen LogP contribution in [0.1, 0.15) is 18.2 Å². The van der Waals surface area contributed by atoms with Crippen molar-refractivity contribution in [3.05, 3.63) is 41.7 Å². The van der Waals surface area contributed by atoms with Crippen LogP contribution >= 0.6 is 0 Å². The Bertz CT molecular complexity index is 490. The first-order chi connectivity index (χ1) is 8.19. The summed E-state index contributed by atoms with van der Waals surface area (Å²) in [6.45, 7) is 4.20. The predicted molar refractivity (Wildman–Crippen MR) is 68.3 cm³/mol. The Morgan fingerprint density at radius 2 is 2.24 bits per heavy atom. The highest BCUT2D eigenvalue weighted by atomic mass is 15.4. The highest BCUT2D eigenvalue weighted by Crippen LogP contribution is 2.09. The number of nitrogens with one attached hydrogen (secondary N) is 1. The van der Waals surface area contributed by atoms with Crippen molar-refractivity contribution >= 4 is 0 Å². The maximum Gasteiger partial charge on any atom is 0.0847 e. The van der Waals surface area contributed by atoms with Crippen LogP contribution in [0.15, 0.2) is 30.5 Å². The second kappa shape index (κ2) is 5.10. The number of hydrogen-bond donors (Lipinski definition) is 1. The molecule has 2 rings (SSSR count). The van der Waals surface area contributed by atoms with Crippen molar-refractivity contribution in [2.75, 3.05) is 7.05 Å². The summed E-state index contributed by atoms with van der Waals surface area (Å²) in [6, 6.07) is 8.65. The van der Waals surface area contributed by atoms with Gasteiger partial charge in [0.15, 0.2) is 0 Å². The van der Waals surface area contributed by atoms with Gasteiger partial charge in [0.1, 0.15) is 0 Å². The van der Waals surface area contributed by atoms with Crippen LogP contribution in [0.4, 0.5) is 0 Å². The third-order valence-electron chi connectivity index (χ3n) is 2.82. The fourth-order valence-corrected chi connectivity index (χ4v) is 1.70. The maximum atomic E-state index is 4.18. The average molecular weight is 230 g/mol. The molecule has 1 unspecified atom stereocenters. The minimum absolute atomic E-state index is 0.414. The first-order valence-electron chi connectivity index (χ1n) is 5.84. The summed E-state index contributed by atoms with van der Waals surface area (Å²) < 4.78 is 1.82. The Morgan fingerprint density at radius 3 is 2.94 bits per heavy atom. The number of benzene rings is 1. The van der Waals surface area contributed by atoms with Crippen LogP contribution < -0.4 is 5.32 Å². The molecule has 1 aromatic heterocycles. The standard InChI is InChI=1S/C13H18N4/c1-10-5-4-6-13(7-10)17-9-12(15-16-17)8-11(2)14-3/h4-7,9,11,14H,8H2,1-3H3. The third-order valence-corrected chi connectivity index (χ3v) is 2.82. The van der Waals surface area contributed by atoms with Crippen molar-refractivity contribution in [3.63, 3.8) is 0 Å². The van der Waals surface area contributed by atoms with Gasteiger partial charge in [0.05, 0.1) is 17.6 Å². The van der Waals surface area contributed by atoms with Crippen molar-refractivity contribution in [3.8, 4) is 5.69 Å². The quantitative estimate of drug-likeness (QED) is 0.869. The number of aromatic nitrogens is 3. The smallest absolute Gasteiger partial charge is 0.0847 e. The Labute approximate surface area is 102 Å². The number of aryl methyl sites for hydroxylation is 1. The Balaban J connectivity index is 2.18. The fourth-order valence-electron chi connectivity index (χ4n) is 1.70. The van der Waals surface area contributed by atoms with Crippen LogP contribution in [0, 0.1) is 6.92 Å². The zero-order chi connectivity index (χ0) is 12.3. The first kappa shape index (κ1) is 11.8. The molecule has 0 aliphatic carbocycles. The van der Waals surface area contributed by atoms with Crippen molar-refractivity contribution in [1.29, 1.82) is 0 Å². The van der Waals surface area contributed by atoms with Crippen molar-refractivity contribution in [2.24, 2.45) is 0 Å². The van der Waals surface area contributed by atoms with Crippen molar-refractivity contribution in [1.82, 2.24) is 20.3 Å². The average Bonchev–Trinajstić information content (AvgIpc) is 2.77. The lowest BCUT2D eigenvalue weighted by atomic mass is 10.2. The molecule has 4 heteroatoms. The normalized spacial score (nSPS) is 12.6. The summed E-state index contributed by atoms with van der Waals surface area (Å²) in [7, 11) is 1.95. The molecule has 1 aromatic carbocycles. The summed E-state index contributed by atoms with van der Waals surface area (Å²) >= 11 is 0. The van der Waals surface area contributed by atoms with Gasteiger partial charge in [-0.15, -0.1) is 5.10 Å². The van der Waals surface area contributed by atoms with Gasteiger partial charge in [0, 0.05) is 12.5 Å². The molecule has 0 radical (unpaired) electrons. The summed E-state index contributed by atoms with van der Waals surface area (Å²) in [5.74, 6) is 0. The van der Waals surface area contributed by atoms with E-state index >= 15 is 0 Å². The Hall–Kier alpha value is -1.68. The zero-order valence-corrected chi connectivity index (χ0v) is 10.5. The van der Waals surface area contributed by atoms with Crippen LogP contribution in [0.25, 0.3) is 5.69 Å². The summed E-state index contributed by atoms with van der Waals surface area (Å²) in [5.41, 5.74) is 3.29. The lowest BCUT2D eigenvalue weighted by molar-refractivity contribution is 0.599. The van der Waals surface area contributed by atoms with Crippen LogP contribution in [-0.4, -0.2) is 28.1 Å². The molecule has 0 aliphatic rings. The SMILES string of the molecule is CNC(C)Cc1cn(-c2cccc(C)c2)nn1. The molecular weight excluding hydrogens is 212 g/mol. The van der Waals surface area contributed by atoms with E-state index in [0.29, 0.717) is 6.04 Å². The second-order valence-electron chi connectivity index (χ2n) is 4.39. The molecule has 1 N–H and O–H groups in total. The molecule has 4 nitrogen and oxygen atoms in total. The molecule has 2 aromatic rings. The predicted octanol–water partition coefficient (Wildman–Crippen LogP) is 1.73. The summed E-state index contributed by atoms with van der Waals surface area (Å²) in [5, 5.41) is 11.5. The topological polar surface area (TPSA) is 42.7 Å². The van der Waals surface area contributed by atoms with Crippen molar-refractivity contribution < 1.29 is 0 Å². The van der Waals surface area contributed by atoms with Crippen LogP contribution in [0.5, 0.6) is 0 Å². The maximum absolute atomic E-state index is 4.18. The molecule has 0 aliphatic heterocycles. The molecule has 17 heavy (non-hydrogen) atoms. The number of likely N-dealkylation sites (N-methyl/N-ethyl adjacent to an activating group) is 1. The van der Waals surface area contributed by atoms with E-state index in [1.807, 2.05) is 30.1 Å². The minimum atomic E-state index is 0.414. The molecule has 0 bridgehead atoms. The Kier molecular flexibility index (Phi) is 3.54. The lowest BCUT2D eigenvalue weighted by Crippen LogP contribution is -2.23. The largest absolute Gasteiger partial charge is 0.317 e. The summed E-state index contributed by atoms with van der Waals surface area (Å²) in [6.07, 6.45) is 2.88. The zero-order valence-electron chi connectivity index (χ0n) is 10.5. The van der Waals surface area contributed by atoms with Gasteiger partial charge < -0.3 is 5.32 Å². The number of rotatable bonds is 4. The Morgan fingerprint density at radius 1 is 1.41 bits per heavy atom. The second-order valence-corrected chi connectivity index (χ2v) is 4.39. The number of hydrogen-bond acceptors (Lipinski definition) is 3. The first-order valence-corrected chi connectivity index (χ1v) is 5.84. The van der Waals surface area contributed by atoms with Crippen LogP contribution in [0.3, 0.4) is 0 Å². The molecule has 0 spiro atoms. The van der Waals surface area contributed by atoms with E-state index < -0.39 is 0 Å². The third kappa shape index (κ3) is 2.91. The van der Waals surface area contributed by atoms with Gasteiger partial charge in [-0.3, -0.25) is 0 Å². The van der Waals surface area contributed by atoms with E-state index in [4.69, 9.17) is 0 Å². The lowest BCUT2D eigenvalue weighted by Gasteiger charge is -2.05. The van der Waals surface area contributed by atoms with Gasteiger partial charge in [0.25, 0.3) is 0 Å². The van der Waals surface area contributed by atoms with Gasteiger partial charge in [0.2, 0.25) is 0 Å². The molecule has 1 heterocycles. The highest BCUT2D eigenvalue weighted by Gasteiger charge is 2.06. The number of nitrogens with zero attached hydrogens (tertiary/aromatic N) is 3. The monoisotopic (exact) mass is 230 g/mol. The van der Waals surface area contributed by atoms with Gasteiger partial charge in [-0.1, -0.05) is 17.3 Å². The van der Waals surface area contributed by atoms with Gasteiger partial charge in [-0.25, -0.2) is 4.68 Å². The van der Waals surface area contributed by atoms with E-state index in [1.165, 1.54) is 5.56 Å². The highest BCUT2D eigenvalue weighted by molar-refractivity contribution is 5.34. The minimum Gasteiger partial charge on any atom is -0.317 e. The van der Waals surface area contributed by atoms with E-state index in [2.05, 4.69) is 41.6 Å². The molecule has 90 valence electrons. The van der Waals surface area contributed by atoms with Crippen LogP contribution in [0.2, 0.25) is 0 Å². The van der Waals surface area contributed by atoms with E-state index in [-0.39, 0.29) is 0 Å². The molecule has 0 fully saturated rings. The fraction of sp³-hybridized carbons (Fsp3) is 0.385. The van der Waals surface area contributed by atoms with E-state index in [0.717, 1.165) is 17.8 Å². The molecule has 0 saturated heterocycles. The summed E-state index contributed by atoms with van der Waals surface area (Å²) in [4.78, 5) is 0. The van der Waals surface area contributed by atoms with E-state index in [9.17, 15) is 0 Å².